The fourth-order valence-corrected chi connectivity index (χ4v) is 6.54. The molecule has 0 bridgehead atoms. The third kappa shape index (κ3) is 5.01. The van der Waals surface area contributed by atoms with E-state index < -0.39 is 25.2 Å². The molecule has 0 aromatic rings. The van der Waals surface area contributed by atoms with Crippen molar-refractivity contribution in [1.29, 1.82) is 0 Å². The molecule has 2 aliphatic rings. The van der Waals surface area contributed by atoms with E-state index in [0.29, 0.717) is 12.2 Å². The number of ether oxygens (including phenoxy) is 3. The topological polar surface area (TPSA) is 85.2 Å². The maximum atomic E-state index is 11.8. The van der Waals surface area contributed by atoms with Gasteiger partial charge in [0.05, 0.1) is 13.2 Å². The highest BCUT2D eigenvalue weighted by molar-refractivity contribution is 6.76. The summed E-state index contributed by atoms with van der Waals surface area (Å²) in [5, 5.41) is 20.9. The van der Waals surface area contributed by atoms with Crippen LogP contribution >= 0.6 is 0 Å². The lowest BCUT2D eigenvalue weighted by atomic mass is 9.46. The number of aliphatic hydroxyl groups excluding tert-OH is 2. The summed E-state index contributed by atoms with van der Waals surface area (Å²) < 4.78 is 17.9. The summed E-state index contributed by atoms with van der Waals surface area (Å²) in [7, 11) is -1.21. The summed E-state index contributed by atoms with van der Waals surface area (Å²) in [5.41, 5.74) is -1.13. The Labute approximate surface area is 183 Å². The van der Waals surface area contributed by atoms with E-state index in [0.717, 1.165) is 25.3 Å². The Morgan fingerprint density at radius 1 is 1.20 bits per heavy atom. The van der Waals surface area contributed by atoms with E-state index in [-0.39, 0.29) is 37.3 Å². The van der Waals surface area contributed by atoms with E-state index in [2.05, 4.69) is 40.4 Å². The lowest BCUT2D eigenvalue weighted by molar-refractivity contribution is -0.243. The number of hydrogen-bond acceptors (Lipinski definition) is 6. The van der Waals surface area contributed by atoms with Crippen molar-refractivity contribution in [2.45, 2.75) is 84.3 Å². The third-order valence-corrected chi connectivity index (χ3v) is 8.97. The van der Waals surface area contributed by atoms with Crippen molar-refractivity contribution in [3.05, 3.63) is 11.6 Å². The molecule has 0 amide bonds. The molecule has 0 radical (unpaired) electrons. The van der Waals surface area contributed by atoms with Crippen molar-refractivity contribution >= 4 is 14.0 Å². The Morgan fingerprint density at radius 3 is 2.40 bits per heavy atom. The Morgan fingerprint density at radius 2 is 1.87 bits per heavy atom. The number of esters is 1. The summed E-state index contributed by atoms with van der Waals surface area (Å²) in [5.74, 6) is -0.392. The van der Waals surface area contributed by atoms with Crippen LogP contribution in [-0.2, 0) is 19.0 Å². The zero-order valence-electron chi connectivity index (χ0n) is 19.9. The predicted octanol–water partition coefficient (Wildman–Crippen LogP) is 3.74. The van der Waals surface area contributed by atoms with Gasteiger partial charge >= 0.3 is 5.97 Å². The highest BCUT2D eigenvalue weighted by Crippen LogP contribution is 2.62. The molecule has 0 aliphatic heterocycles. The molecule has 0 heterocycles. The second kappa shape index (κ2) is 9.41. The molecule has 0 unspecified atom stereocenters. The molecule has 6 nitrogen and oxygen atoms in total. The smallest absolute Gasteiger partial charge is 0.303 e. The summed E-state index contributed by atoms with van der Waals surface area (Å²) in [4.78, 5) is 11.8. The van der Waals surface area contributed by atoms with Gasteiger partial charge in [-0.1, -0.05) is 46.8 Å². The normalized spacial score (nSPS) is 33.6. The fraction of sp³-hybridized carbons (Fsp3) is 0.870. The largest absolute Gasteiger partial charge is 0.458 e. The fourth-order valence-electron chi connectivity index (χ4n) is 5.78. The van der Waals surface area contributed by atoms with E-state index in [1.165, 1.54) is 6.92 Å². The molecule has 0 aromatic heterocycles. The lowest BCUT2D eigenvalue weighted by Gasteiger charge is -2.62. The average molecular weight is 443 g/mol. The van der Waals surface area contributed by atoms with Gasteiger partial charge in [0, 0.05) is 32.9 Å². The molecule has 2 aliphatic carbocycles. The Balaban J connectivity index is 2.39. The van der Waals surface area contributed by atoms with Gasteiger partial charge in [-0.15, -0.1) is 0 Å². The van der Waals surface area contributed by atoms with Gasteiger partial charge in [0.15, 0.2) is 0 Å². The van der Waals surface area contributed by atoms with Crippen LogP contribution in [0.4, 0.5) is 0 Å². The van der Waals surface area contributed by atoms with Gasteiger partial charge in [0.2, 0.25) is 0 Å². The highest BCUT2D eigenvalue weighted by Gasteiger charge is 2.64. The quantitative estimate of drug-likeness (QED) is 0.186. The van der Waals surface area contributed by atoms with Gasteiger partial charge in [-0.3, -0.25) is 4.79 Å². The second-order valence-corrected chi connectivity index (χ2v) is 16.7. The van der Waals surface area contributed by atoms with Crippen molar-refractivity contribution in [3.63, 3.8) is 0 Å². The minimum absolute atomic E-state index is 0.0490. The standard InChI is InChI=1S/C23H42O6Si/c1-17(26)29-19-13-18(14-24)23(15-25,28-16-27-11-12-30(5,6)7)22(4)10-8-9-21(2,3)20(19)22/h13,19-20,24-25H,8-12,14-16H2,1-7H3/t19-,20+,22+,23-/m1/s1. The predicted molar refractivity (Wildman–Crippen MR) is 120 cm³/mol. The Hall–Kier alpha value is -0.733. The van der Waals surface area contributed by atoms with Gasteiger partial charge in [-0.25, -0.2) is 0 Å². The lowest BCUT2D eigenvalue weighted by Crippen LogP contribution is -2.66. The molecule has 2 rings (SSSR count). The minimum Gasteiger partial charge on any atom is -0.458 e. The molecular weight excluding hydrogens is 400 g/mol. The molecule has 0 saturated heterocycles. The number of hydrogen-bond donors (Lipinski definition) is 2. The van der Waals surface area contributed by atoms with Crippen LogP contribution in [-0.4, -0.2) is 62.6 Å². The summed E-state index contributed by atoms with van der Waals surface area (Å²) in [6.07, 6.45) is 4.14. The number of rotatable bonds is 9. The van der Waals surface area contributed by atoms with Crippen LogP contribution in [0.5, 0.6) is 0 Å². The number of fused-ring (bicyclic) bond motifs is 1. The van der Waals surface area contributed by atoms with Crippen molar-refractivity contribution < 1.29 is 29.2 Å². The molecule has 4 atom stereocenters. The number of carbonyl (C=O) groups excluding carboxylic acids is 1. The van der Waals surface area contributed by atoms with Gasteiger partial charge in [-0.05, 0) is 35.9 Å². The van der Waals surface area contributed by atoms with Crippen LogP contribution in [0.15, 0.2) is 11.6 Å². The average Bonchev–Trinajstić information content (AvgIpc) is 2.60. The van der Waals surface area contributed by atoms with E-state index in [9.17, 15) is 15.0 Å². The summed E-state index contributed by atoms with van der Waals surface area (Å²) >= 11 is 0. The molecule has 1 saturated carbocycles. The van der Waals surface area contributed by atoms with Crippen molar-refractivity contribution in [3.8, 4) is 0 Å². The zero-order valence-corrected chi connectivity index (χ0v) is 20.9. The third-order valence-electron chi connectivity index (χ3n) is 7.26. The van der Waals surface area contributed by atoms with E-state index in [4.69, 9.17) is 14.2 Å². The van der Waals surface area contributed by atoms with Crippen LogP contribution < -0.4 is 0 Å². The van der Waals surface area contributed by atoms with Crippen molar-refractivity contribution in [2.75, 3.05) is 26.6 Å². The van der Waals surface area contributed by atoms with Gasteiger partial charge in [0.25, 0.3) is 0 Å². The first-order chi connectivity index (χ1) is 13.8. The van der Waals surface area contributed by atoms with Crippen LogP contribution in [0.1, 0.15) is 47.0 Å². The molecule has 2 N–H and O–H groups in total. The van der Waals surface area contributed by atoms with Crippen LogP contribution in [0, 0.1) is 16.7 Å². The first-order valence-corrected chi connectivity index (χ1v) is 14.9. The first kappa shape index (κ1) is 25.5. The maximum absolute atomic E-state index is 11.8. The SMILES string of the molecule is CC(=O)O[C@@H]1C=C(CO)[C@@](CO)(OCOCC[Si](C)(C)C)[C@@]2(C)CCCC(C)(C)[C@H]12. The monoisotopic (exact) mass is 442 g/mol. The van der Waals surface area contributed by atoms with E-state index in [1.54, 1.807) is 6.08 Å². The first-order valence-electron chi connectivity index (χ1n) is 11.1. The van der Waals surface area contributed by atoms with Gasteiger partial charge in [-0.2, -0.15) is 0 Å². The molecule has 0 aromatic carbocycles. The van der Waals surface area contributed by atoms with Gasteiger partial charge in [0.1, 0.15) is 18.5 Å². The van der Waals surface area contributed by atoms with Crippen LogP contribution in [0.2, 0.25) is 25.7 Å². The molecule has 0 spiro atoms. The van der Waals surface area contributed by atoms with Crippen molar-refractivity contribution in [1.82, 2.24) is 0 Å². The van der Waals surface area contributed by atoms with Crippen molar-refractivity contribution in [2.24, 2.45) is 16.7 Å². The molecule has 1 fully saturated rings. The van der Waals surface area contributed by atoms with Crippen LogP contribution in [0.25, 0.3) is 0 Å². The molecule has 7 heteroatoms. The minimum atomic E-state index is -1.21. The van der Waals surface area contributed by atoms with Gasteiger partial charge < -0.3 is 24.4 Å². The molecule has 174 valence electrons. The Bertz CT molecular complexity index is 640. The second-order valence-electron chi connectivity index (χ2n) is 11.1. The summed E-state index contributed by atoms with van der Waals surface area (Å²) in [6, 6.07) is 1.03. The van der Waals surface area contributed by atoms with Crippen LogP contribution in [0.3, 0.4) is 0 Å². The van der Waals surface area contributed by atoms with E-state index >= 15 is 0 Å². The molecular formula is C23H42O6Si. The highest BCUT2D eigenvalue weighted by atomic mass is 28.3. The maximum Gasteiger partial charge on any atom is 0.303 e. The Kier molecular flexibility index (Phi) is 8.00. The van der Waals surface area contributed by atoms with E-state index in [1.807, 2.05) is 0 Å². The number of aliphatic hydroxyl groups is 2. The summed E-state index contributed by atoms with van der Waals surface area (Å²) in [6.45, 7) is 14.9. The molecule has 30 heavy (non-hydrogen) atoms. The number of carbonyl (C=O) groups is 1. The zero-order chi connectivity index (χ0) is 22.8.